The van der Waals surface area contributed by atoms with E-state index in [1.54, 1.807) is 13.2 Å². The van der Waals surface area contributed by atoms with Crippen molar-refractivity contribution < 1.29 is 9.84 Å². The van der Waals surface area contributed by atoms with Crippen LogP contribution < -0.4 is 4.74 Å². The number of ether oxygens (including phenoxy) is 1. The van der Waals surface area contributed by atoms with Gasteiger partial charge in [-0.05, 0) is 25.3 Å². The molecule has 0 radical (unpaired) electrons. The maximum Gasteiger partial charge on any atom is 0.162 e. The second-order valence-electron chi connectivity index (χ2n) is 5.09. The number of benzene rings is 1. The normalized spacial score (nSPS) is 25.1. The van der Waals surface area contributed by atoms with Crippen LogP contribution in [0.15, 0.2) is 18.2 Å². The van der Waals surface area contributed by atoms with E-state index in [0.717, 1.165) is 24.6 Å². The lowest BCUT2D eigenvalue weighted by atomic mass is 10.1. The van der Waals surface area contributed by atoms with E-state index in [2.05, 4.69) is 18.7 Å². The van der Waals surface area contributed by atoms with E-state index in [-0.39, 0.29) is 5.75 Å². The van der Waals surface area contributed by atoms with Gasteiger partial charge in [-0.1, -0.05) is 19.1 Å². The second kappa shape index (κ2) is 4.96. The molecule has 1 aromatic rings. The number of nitrogens with zero attached hydrogens (tertiary/aromatic N) is 1. The fourth-order valence-electron chi connectivity index (χ4n) is 2.69. The van der Waals surface area contributed by atoms with Crippen LogP contribution in [0.4, 0.5) is 0 Å². The van der Waals surface area contributed by atoms with E-state index < -0.39 is 0 Å². The minimum atomic E-state index is 0.279. The van der Waals surface area contributed by atoms with Gasteiger partial charge in [0.05, 0.1) is 7.11 Å². The standard InChI is InChI=1S/C14H21NO2/c1-10-7-11(2)15(8-10)9-12-5-4-6-13(17-3)14(12)16/h4-6,10-11,16H,7-9H2,1-3H3. The van der Waals surface area contributed by atoms with Gasteiger partial charge >= 0.3 is 0 Å². The summed E-state index contributed by atoms with van der Waals surface area (Å²) >= 11 is 0. The third-order valence-corrected chi connectivity index (χ3v) is 3.59. The van der Waals surface area contributed by atoms with Crippen molar-refractivity contribution in [2.75, 3.05) is 13.7 Å². The van der Waals surface area contributed by atoms with E-state index in [9.17, 15) is 5.11 Å². The predicted molar refractivity (Wildman–Crippen MR) is 68.3 cm³/mol. The molecular formula is C14H21NO2. The third kappa shape index (κ3) is 2.55. The zero-order valence-electron chi connectivity index (χ0n) is 10.8. The first-order valence-electron chi connectivity index (χ1n) is 6.20. The van der Waals surface area contributed by atoms with Crippen LogP contribution in [0.5, 0.6) is 11.5 Å². The van der Waals surface area contributed by atoms with Crippen LogP contribution in [0, 0.1) is 5.92 Å². The lowest BCUT2D eigenvalue weighted by molar-refractivity contribution is 0.251. The largest absolute Gasteiger partial charge is 0.504 e. The number of phenols is 1. The van der Waals surface area contributed by atoms with Gasteiger partial charge in [0.15, 0.2) is 11.5 Å². The number of rotatable bonds is 3. The van der Waals surface area contributed by atoms with Crippen molar-refractivity contribution in [2.24, 2.45) is 5.92 Å². The van der Waals surface area contributed by atoms with Crippen molar-refractivity contribution in [1.82, 2.24) is 4.90 Å². The van der Waals surface area contributed by atoms with Crippen molar-refractivity contribution in [1.29, 1.82) is 0 Å². The van der Waals surface area contributed by atoms with E-state index >= 15 is 0 Å². The molecule has 1 saturated heterocycles. The molecule has 3 nitrogen and oxygen atoms in total. The van der Waals surface area contributed by atoms with Gasteiger partial charge < -0.3 is 9.84 Å². The Morgan fingerprint density at radius 2 is 2.18 bits per heavy atom. The van der Waals surface area contributed by atoms with Crippen LogP contribution in [-0.2, 0) is 6.54 Å². The molecule has 0 spiro atoms. The molecule has 0 aliphatic carbocycles. The fraction of sp³-hybridized carbons (Fsp3) is 0.571. The number of para-hydroxylation sites is 1. The van der Waals surface area contributed by atoms with Gasteiger partial charge in [-0.2, -0.15) is 0 Å². The van der Waals surface area contributed by atoms with Gasteiger partial charge in [-0.3, -0.25) is 4.90 Å². The average molecular weight is 235 g/mol. The first kappa shape index (κ1) is 12.2. The molecule has 1 heterocycles. The quantitative estimate of drug-likeness (QED) is 0.874. The molecule has 94 valence electrons. The topological polar surface area (TPSA) is 32.7 Å². The Morgan fingerprint density at radius 1 is 1.41 bits per heavy atom. The summed E-state index contributed by atoms with van der Waals surface area (Å²) in [6.07, 6.45) is 1.24. The van der Waals surface area contributed by atoms with Crippen LogP contribution in [-0.4, -0.2) is 29.7 Å². The van der Waals surface area contributed by atoms with Crippen molar-refractivity contribution in [3.63, 3.8) is 0 Å². The number of hydrogen-bond acceptors (Lipinski definition) is 3. The highest BCUT2D eigenvalue weighted by Gasteiger charge is 2.26. The summed E-state index contributed by atoms with van der Waals surface area (Å²) in [6, 6.07) is 6.27. The molecule has 0 bridgehead atoms. The third-order valence-electron chi connectivity index (χ3n) is 3.59. The van der Waals surface area contributed by atoms with Crippen molar-refractivity contribution >= 4 is 0 Å². The minimum Gasteiger partial charge on any atom is -0.504 e. The molecule has 0 aromatic heterocycles. The van der Waals surface area contributed by atoms with Crippen LogP contribution in [0.3, 0.4) is 0 Å². The molecule has 1 aromatic carbocycles. The van der Waals surface area contributed by atoms with Gasteiger partial charge in [-0.15, -0.1) is 0 Å². The summed E-state index contributed by atoms with van der Waals surface area (Å²) in [7, 11) is 1.58. The van der Waals surface area contributed by atoms with Gasteiger partial charge in [0.25, 0.3) is 0 Å². The Balaban J connectivity index is 2.13. The number of methoxy groups -OCH3 is 1. The monoisotopic (exact) mass is 235 g/mol. The highest BCUT2D eigenvalue weighted by Crippen LogP contribution is 2.32. The van der Waals surface area contributed by atoms with E-state index in [1.165, 1.54) is 6.42 Å². The molecule has 17 heavy (non-hydrogen) atoms. The minimum absolute atomic E-state index is 0.279. The Hall–Kier alpha value is -1.22. The molecule has 2 rings (SSSR count). The molecule has 0 saturated carbocycles. The average Bonchev–Trinajstić information content (AvgIpc) is 2.60. The fourth-order valence-corrected chi connectivity index (χ4v) is 2.69. The van der Waals surface area contributed by atoms with E-state index in [1.807, 2.05) is 12.1 Å². The van der Waals surface area contributed by atoms with E-state index in [4.69, 9.17) is 4.74 Å². The summed E-state index contributed by atoms with van der Waals surface area (Å²) in [5.41, 5.74) is 0.949. The number of phenolic OH excluding ortho intramolecular Hbond substituents is 1. The number of aromatic hydroxyl groups is 1. The summed E-state index contributed by atoms with van der Waals surface area (Å²) in [4.78, 5) is 2.42. The number of hydrogen-bond donors (Lipinski definition) is 1. The maximum absolute atomic E-state index is 10.0. The van der Waals surface area contributed by atoms with Crippen LogP contribution >= 0.6 is 0 Å². The van der Waals surface area contributed by atoms with Crippen molar-refractivity contribution in [2.45, 2.75) is 32.9 Å². The molecule has 1 fully saturated rings. The smallest absolute Gasteiger partial charge is 0.162 e. The SMILES string of the molecule is COc1cccc(CN2CC(C)CC2C)c1O. The molecule has 2 unspecified atom stereocenters. The zero-order valence-corrected chi connectivity index (χ0v) is 10.8. The summed E-state index contributed by atoms with van der Waals surface area (Å²) in [6.45, 7) is 6.44. The lowest BCUT2D eigenvalue weighted by Crippen LogP contribution is -2.26. The van der Waals surface area contributed by atoms with E-state index in [0.29, 0.717) is 11.8 Å². The van der Waals surface area contributed by atoms with Crippen LogP contribution in [0.2, 0.25) is 0 Å². The molecular weight excluding hydrogens is 214 g/mol. The zero-order chi connectivity index (χ0) is 12.4. The van der Waals surface area contributed by atoms with Crippen molar-refractivity contribution in [3.05, 3.63) is 23.8 Å². The first-order valence-corrected chi connectivity index (χ1v) is 6.20. The lowest BCUT2D eigenvalue weighted by Gasteiger charge is -2.21. The Kier molecular flexibility index (Phi) is 3.57. The highest BCUT2D eigenvalue weighted by atomic mass is 16.5. The Morgan fingerprint density at radius 3 is 2.76 bits per heavy atom. The van der Waals surface area contributed by atoms with Crippen LogP contribution in [0.1, 0.15) is 25.8 Å². The highest BCUT2D eigenvalue weighted by molar-refractivity contribution is 5.45. The summed E-state index contributed by atoms with van der Waals surface area (Å²) in [5, 5.41) is 10.0. The molecule has 1 N–H and O–H groups in total. The molecule has 1 aliphatic rings. The molecule has 3 heteroatoms. The van der Waals surface area contributed by atoms with Crippen LogP contribution in [0.25, 0.3) is 0 Å². The van der Waals surface area contributed by atoms with Gasteiger partial charge in [0, 0.05) is 24.7 Å². The Labute approximate surface area is 103 Å². The first-order chi connectivity index (χ1) is 8.11. The summed E-state index contributed by atoms with van der Waals surface area (Å²) < 4.78 is 5.13. The van der Waals surface area contributed by atoms with Gasteiger partial charge in [0.2, 0.25) is 0 Å². The maximum atomic E-state index is 10.0. The Bertz CT molecular complexity index is 392. The molecule has 0 amide bonds. The second-order valence-corrected chi connectivity index (χ2v) is 5.09. The predicted octanol–water partition coefficient (Wildman–Crippen LogP) is 2.63. The molecule has 1 aliphatic heterocycles. The number of likely N-dealkylation sites (tertiary alicyclic amines) is 1. The van der Waals surface area contributed by atoms with Gasteiger partial charge in [0.1, 0.15) is 0 Å². The molecule has 2 atom stereocenters. The van der Waals surface area contributed by atoms with Crippen molar-refractivity contribution in [3.8, 4) is 11.5 Å². The summed E-state index contributed by atoms with van der Waals surface area (Å²) in [5.74, 6) is 1.59. The van der Waals surface area contributed by atoms with Gasteiger partial charge in [-0.25, -0.2) is 0 Å².